The minimum atomic E-state index is -0.379. The zero-order valence-electron chi connectivity index (χ0n) is 13.3. The van der Waals surface area contributed by atoms with Gasteiger partial charge < -0.3 is 10.1 Å². The van der Waals surface area contributed by atoms with E-state index in [0.29, 0.717) is 22.7 Å². The van der Waals surface area contributed by atoms with E-state index in [1.165, 1.54) is 6.92 Å². The number of hydrogen-bond acceptors (Lipinski definition) is 4. The highest BCUT2D eigenvalue weighted by Crippen LogP contribution is 2.13. The molecule has 0 saturated carbocycles. The van der Waals surface area contributed by atoms with Crippen LogP contribution >= 0.6 is 11.6 Å². The molecule has 0 fully saturated rings. The molecule has 0 aliphatic rings. The van der Waals surface area contributed by atoms with Crippen LogP contribution < -0.4 is 5.32 Å². The molecule has 0 atom stereocenters. The van der Waals surface area contributed by atoms with E-state index in [0.717, 1.165) is 5.69 Å². The molecule has 0 saturated heterocycles. The van der Waals surface area contributed by atoms with Gasteiger partial charge in [-0.15, -0.1) is 0 Å². The molecule has 2 aromatic rings. The molecule has 1 aromatic carbocycles. The van der Waals surface area contributed by atoms with E-state index in [1.54, 1.807) is 23.0 Å². The van der Waals surface area contributed by atoms with Crippen LogP contribution in [0, 0.1) is 0 Å². The van der Waals surface area contributed by atoms with Gasteiger partial charge in [-0.1, -0.05) is 18.2 Å². The Labute approximate surface area is 145 Å². The molecule has 6 nitrogen and oxygen atoms in total. The molecule has 1 heterocycles. The number of rotatable bonds is 7. The minimum absolute atomic E-state index is 0.146. The molecule has 0 aliphatic heterocycles. The fraction of sp³-hybridized carbons (Fsp3) is 0.235. The molecular weight excluding hydrogens is 330 g/mol. The van der Waals surface area contributed by atoms with Crippen LogP contribution in [-0.2, 0) is 20.9 Å². The summed E-state index contributed by atoms with van der Waals surface area (Å²) in [4.78, 5) is 22.6. The highest BCUT2D eigenvalue weighted by molar-refractivity contribution is 6.30. The number of benzene rings is 1. The lowest BCUT2D eigenvalue weighted by Gasteiger charge is -2.06. The normalized spacial score (nSPS) is 10.2. The van der Waals surface area contributed by atoms with E-state index in [4.69, 9.17) is 16.3 Å². The molecule has 0 unspecified atom stereocenters. The molecule has 1 N–H and O–H groups in total. The number of hydrogen-bond donors (Lipinski definition) is 1. The molecule has 2 rings (SSSR count). The summed E-state index contributed by atoms with van der Waals surface area (Å²) in [6.07, 6.45) is 2.10. The highest BCUT2D eigenvalue weighted by atomic mass is 35.5. The number of halogens is 1. The Hall–Kier alpha value is -2.60. The van der Waals surface area contributed by atoms with Crippen LogP contribution in [0.1, 0.15) is 19.0 Å². The summed E-state index contributed by atoms with van der Waals surface area (Å²) in [5.74, 6) is -0.667. The summed E-state index contributed by atoms with van der Waals surface area (Å²) in [5.41, 5.74) is 1.95. The average molecular weight is 348 g/mol. The van der Waals surface area contributed by atoms with E-state index >= 15 is 0 Å². The lowest BCUT2D eigenvalue weighted by atomic mass is 10.2. The van der Waals surface area contributed by atoms with Gasteiger partial charge in [0.1, 0.15) is 0 Å². The third-order valence-corrected chi connectivity index (χ3v) is 3.45. The first kappa shape index (κ1) is 17.7. The molecule has 24 heavy (non-hydrogen) atoms. The van der Waals surface area contributed by atoms with Crippen LogP contribution in [-0.4, -0.2) is 28.3 Å². The predicted molar refractivity (Wildman–Crippen MR) is 90.8 cm³/mol. The Bertz CT molecular complexity index is 738. The Balaban J connectivity index is 1.84. The lowest BCUT2D eigenvalue weighted by Crippen LogP contribution is -2.25. The van der Waals surface area contributed by atoms with Crippen LogP contribution in [0.25, 0.3) is 5.69 Å². The van der Waals surface area contributed by atoms with Gasteiger partial charge in [0.05, 0.1) is 24.5 Å². The van der Waals surface area contributed by atoms with Crippen molar-refractivity contribution < 1.29 is 14.3 Å². The third-order valence-electron chi connectivity index (χ3n) is 3.20. The molecule has 0 bridgehead atoms. The van der Waals surface area contributed by atoms with Gasteiger partial charge in [-0.2, -0.15) is 5.10 Å². The van der Waals surface area contributed by atoms with Gasteiger partial charge in [-0.05, 0) is 30.3 Å². The highest BCUT2D eigenvalue weighted by Gasteiger charge is 2.09. The number of nitrogens with zero attached hydrogens (tertiary/aromatic N) is 2. The number of carbonyl (C=O) groups excluding carboxylic acids is 2. The van der Waals surface area contributed by atoms with E-state index < -0.39 is 0 Å². The first-order chi connectivity index (χ1) is 11.5. The monoisotopic (exact) mass is 347 g/mol. The third kappa shape index (κ3) is 5.24. The second-order valence-electron chi connectivity index (χ2n) is 5.10. The number of aromatic nitrogens is 2. The van der Waals surface area contributed by atoms with Crippen LogP contribution in [0.3, 0.4) is 0 Å². The lowest BCUT2D eigenvalue weighted by molar-refractivity contribution is -0.141. The number of amides is 1. The molecule has 1 aromatic heterocycles. The molecular formula is C17H18ClN3O3. The molecule has 0 radical (unpaired) electrons. The average Bonchev–Trinajstić information content (AvgIpc) is 3.01. The second-order valence-corrected chi connectivity index (χ2v) is 5.54. The van der Waals surface area contributed by atoms with E-state index in [-0.39, 0.29) is 25.0 Å². The fourth-order valence-corrected chi connectivity index (χ4v) is 2.05. The summed E-state index contributed by atoms with van der Waals surface area (Å²) in [6.45, 7) is 5.43. The van der Waals surface area contributed by atoms with Gasteiger partial charge in [0.15, 0.2) is 0 Å². The first-order valence-electron chi connectivity index (χ1n) is 7.35. The van der Waals surface area contributed by atoms with Gasteiger partial charge in [0, 0.05) is 30.1 Å². The number of carbonyl (C=O) groups is 2. The Morgan fingerprint density at radius 2 is 2.00 bits per heavy atom. The summed E-state index contributed by atoms with van der Waals surface area (Å²) in [6, 6.07) is 9.10. The maximum atomic E-state index is 11.9. The zero-order valence-corrected chi connectivity index (χ0v) is 14.0. The first-order valence-corrected chi connectivity index (χ1v) is 7.73. The number of nitrogens with one attached hydrogen (secondary N) is 1. The predicted octanol–water partition coefficient (Wildman–Crippen LogP) is 2.65. The van der Waals surface area contributed by atoms with Crippen LogP contribution in [0.2, 0.25) is 5.02 Å². The van der Waals surface area contributed by atoms with Crippen molar-refractivity contribution in [2.45, 2.75) is 19.9 Å². The van der Waals surface area contributed by atoms with Crippen LogP contribution in [0.15, 0.2) is 48.7 Å². The van der Waals surface area contributed by atoms with E-state index in [1.807, 2.05) is 18.2 Å². The summed E-state index contributed by atoms with van der Waals surface area (Å²) < 4.78 is 6.48. The maximum Gasteiger partial charge on any atom is 0.302 e. The van der Waals surface area contributed by atoms with E-state index in [2.05, 4.69) is 17.0 Å². The van der Waals surface area contributed by atoms with Gasteiger partial charge in [0.2, 0.25) is 5.91 Å². The second kappa shape index (κ2) is 8.31. The maximum absolute atomic E-state index is 11.9. The quantitative estimate of drug-likeness (QED) is 0.617. The van der Waals surface area contributed by atoms with Gasteiger partial charge in [0.25, 0.3) is 0 Å². The van der Waals surface area contributed by atoms with Crippen molar-refractivity contribution in [3.63, 3.8) is 0 Å². The minimum Gasteiger partial charge on any atom is -0.466 e. The van der Waals surface area contributed by atoms with Gasteiger partial charge >= 0.3 is 5.97 Å². The number of ether oxygens (including phenoxy) is 1. The Kier molecular flexibility index (Phi) is 6.14. The molecule has 1 amide bonds. The van der Waals surface area contributed by atoms with Crippen molar-refractivity contribution in [2.24, 2.45) is 0 Å². The zero-order chi connectivity index (χ0) is 17.5. The van der Waals surface area contributed by atoms with Crippen molar-refractivity contribution in [1.82, 2.24) is 15.1 Å². The molecule has 7 heteroatoms. The van der Waals surface area contributed by atoms with Crippen molar-refractivity contribution in [3.8, 4) is 5.69 Å². The van der Waals surface area contributed by atoms with Crippen molar-refractivity contribution >= 4 is 23.5 Å². The van der Waals surface area contributed by atoms with E-state index in [9.17, 15) is 9.59 Å². The SMILES string of the molecule is C=C(CCOC(C)=O)C(=O)NCc1ccn(-c2ccc(Cl)cc2)n1. The standard InChI is InChI=1S/C17H18ClN3O3/c1-12(8-10-24-13(2)22)17(23)19-11-15-7-9-21(20-15)16-5-3-14(18)4-6-16/h3-7,9H,1,8,10-11H2,2H3,(H,19,23). The molecule has 126 valence electrons. The Morgan fingerprint density at radius 3 is 2.67 bits per heavy atom. The summed E-state index contributed by atoms with van der Waals surface area (Å²) in [5, 5.41) is 7.78. The fourth-order valence-electron chi connectivity index (χ4n) is 1.92. The largest absolute Gasteiger partial charge is 0.466 e. The topological polar surface area (TPSA) is 73.2 Å². The smallest absolute Gasteiger partial charge is 0.302 e. The summed E-state index contributed by atoms with van der Waals surface area (Å²) in [7, 11) is 0. The van der Waals surface area contributed by atoms with Gasteiger partial charge in [-0.3, -0.25) is 9.59 Å². The number of esters is 1. The molecule has 0 aliphatic carbocycles. The van der Waals surface area contributed by atoms with Crippen LogP contribution in [0.5, 0.6) is 0 Å². The van der Waals surface area contributed by atoms with Gasteiger partial charge in [-0.25, -0.2) is 4.68 Å². The van der Waals surface area contributed by atoms with Crippen molar-refractivity contribution in [2.75, 3.05) is 6.61 Å². The molecule has 0 spiro atoms. The van der Waals surface area contributed by atoms with Crippen molar-refractivity contribution in [1.29, 1.82) is 0 Å². The van der Waals surface area contributed by atoms with Crippen molar-refractivity contribution in [3.05, 3.63) is 59.4 Å². The van der Waals surface area contributed by atoms with Crippen LogP contribution in [0.4, 0.5) is 0 Å². The Morgan fingerprint density at radius 1 is 1.29 bits per heavy atom. The summed E-state index contributed by atoms with van der Waals surface area (Å²) >= 11 is 5.86.